The molecule has 0 aromatic heterocycles. The van der Waals surface area contributed by atoms with Crippen molar-refractivity contribution in [3.8, 4) is 0 Å². The van der Waals surface area contributed by atoms with Crippen LogP contribution in [0.25, 0.3) is 0 Å². The van der Waals surface area contributed by atoms with Crippen LogP contribution in [0.3, 0.4) is 0 Å². The molecule has 0 saturated heterocycles. The molecule has 1 heterocycles. The second-order valence-corrected chi connectivity index (χ2v) is 7.38. The van der Waals surface area contributed by atoms with E-state index in [4.69, 9.17) is 5.73 Å². The molecular formula is C15H22N2O2S. The molecule has 1 aromatic carbocycles. The molecule has 1 aromatic rings. The van der Waals surface area contributed by atoms with Gasteiger partial charge in [0.05, 0.1) is 10.6 Å². The third-order valence-electron chi connectivity index (χ3n) is 3.69. The topological polar surface area (TPSA) is 63.4 Å². The van der Waals surface area contributed by atoms with Gasteiger partial charge in [0.2, 0.25) is 0 Å². The van der Waals surface area contributed by atoms with Crippen molar-refractivity contribution in [2.75, 3.05) is 25.4 Å². The molecular weight excluding hydrogens is 272 g/mol. The lowest BCUT2D eigenvalue weighted by Gasteiger charge is -2.24. The maximum Gasteiger partial charge on any atom is 0.179 e. The zero-order valence-electron chi connectivity index (χ0n) is 11.9. The van der Waals surface area contributed by atoms with E-state index in [-0.39, 0.29) is 5.75 Å². The van der Waals surface area contributed by atoms with Gasteiger partial charge >= 0.3 is 0 Å². The second kappa shape index (κ2) is 6.52. The minimum atomic E-state index is -3.22. The molecule has 0 radical (unpaired) electrons. The van der Waals surface area contributed by atoms with Crippen molar-refractivity contribution >= 4 is 9.84 Å². The molecule has 0 aliphatic carbocycles. The van der Waals surface area contributed by atoms with Crippen LogP contribution in [0.5, 0.6) is 0 Å². The Kier molecular flexibility index (Phi) is 4.96. The van der Waals surface area contributed by atoms with E-state index >= 15 is 0 Å². The Labute approximate surface area is 121 Å². The Balaban J connectivity index is 2.00. The first-order chi connectivity index (χ1) is 9.51. The maximum atomic E-state index is 12.3. The van der Waals surface area contributed by atoms with Gasteiger partial charge in [-0.2, -0.15) is 0 Å². The zero-order valence-corrected chi connectivity index (χ0v) is 12.7. The standard InChI is InChI=1S/C15H22N2O2S/c1-13-5-7-17(8-6-13)9-10-20(18,19)15-4-2-3-14(11-15)12-16/h2-5,11H,6-10,12,16H2,1H3. The van der Waals surface area contributed by atoms with Gasteiger partial charge in [0.1, 0.15) is 0 Å². The first kappa shape index (κ1) is 15.2. The normalized spacial score (nSPS) is 17.0. The maximum absolute atomic E-state index is 12.3. The van der Waals surface area contributed by atoms with E-state index in [1.165, 1.54) is 5.57 Å². The van der Waals surface area contributed by atoms with Crippen LogP contribution < -0.4 is 5.73 Å². The third kappa shape index (κ3) is 3.91. The van der Waals surface area contributed by atoms with Crippen molar-refractivity contribution in [1.82, 2.24) is 4.90 Å². The number of benzene rings is 1. The van der Waals surface area contributed by atoms with Gasteiger partial charge in [-0.25, -0.2) is 8.42 Å². The molecule has 1 aliphatic heterocycles. The largest absolute Gasteiger partial charge is 0.326 e. The van der Waals surface area contributed by atoms with Crippen LogP contribution in [-0.4, -0.2) is 38.7 Å². The van der Waals surface area contributed by atoms with Gasteiger partial charge in [0.25, 0.3) is 0 Å². The van der Waals surface area contributed by atoms with E-state index in [1.807, 2.05) is 6.07 Å². The molecule has 20 heavy (non-hydrogen) atoms. The number of nitrogens with two attached hydrogens (primary N) is 1. The van der Waals surface area contributed by atoms with Crippen molar-refractivity contribution in [3.05, 3.63) is 41.5 Å². The highest BCUT2D eigenvalue weighted by Crippen LogP contribution is 2.15. The van der Waals surface area contributed by atoms with Gasteiger partial charge < -0.3 is 5.73 Å². The van der Waals surface area contributed by atoms with Crippen molar-refractivity contribution < 1.29 is 8.42 Å². The van der Waals surface area contributed by atoms with Gasteiger partial charge in [0, 0.05) is 26.2 Å². The molecule has 0 bridgehead atoms. The fraction of sp³-hybridized carbons (Fsp3) is 0.467. The van der Waals surface area contributed by atoms with Crippen LogP contribution in [0.1, 0.15) is 18.9 Å². The molecule has 110 valence electrons. The molecule has 1 aliphatic rings. The fourth-order valence-electron chi connectivity index (χ4n) is 2.25. The van der Waals surface area contributed by atoms with Gasteiger partial charge in [-0.3, -0.25) is 4.90 Å². The lowest BCUT2D eigenvalue weighted by molar-refractivity contribution is 0.311. The van der Waals surface area contributed by atoms with Crippen molar-refractivity contribution in [2.45, 2.75) is 24.8 Å². The van der Waals surface area contributed by atoms with Crippen LogP contribution in [0.4, 0.5) is 0 Å². The number of hydrogen-bond acceptors (Lipinski definition) is 4. The summed E-state index contributed by atoms with van der Waals surface area (Å²) >= 11 is 0. The lowest BCUT2D eigenvalue weighted by atomic mass is 10.1. The average Bonchev–Trinajstić information content (AvgIpc) is 2.47. The molecule has 5 heteroatoms. The van der Waals surface area contributed by atoms with E-state index < -0.39 is 9.84 Å². The van der Waals surface area contributed by atoms with Crippen molar-refractivity contribution in [2.24, 2.45) is 5.73 Å². The summed E-state index contributed by atoms with van der Waals surface area (Å²) in [4.78, 5) is 2.56. The Morgan fingerprint density at radius 2 is 2.15 bits per heavy atom. The van der Waals surface area contributed by atoms with E-state index in [0.717, 1.165) is 25.1 Å². The summed E-state index contributed by atoms with van der Waals surface area (Å²) in [6.45, 7) is 4.86. The van der Waals surface area contributed by atoms with E-state index in [1.54, 1.807) is 18.2 Å². The molecule has 0 unspecified atom stereocenters. The quantitative estimate of drug-likeness (QED) is 0.837. The van der Waals surface area contributed by atoms with Gasteiger partial charge in [-0.1, -0.05) is 23.8 Å². The Morgan fingerprint density at radius 1 is 1.35 bits per heavy atom. The average molecular weight is 294 g/mol. The van der Waals surface area contributed by atoms with E-state index in [0.29, 0.717) is 18.0 Å². The molecule has 2 N–H and O–H groups in total. The Morgan fingerprint density at radius 3 is 2.80 bits per heavy atom. The monoisotopic (exact) mass is 294 g/mol. The number of rotatable bonds is 5. The van der Waals surface area contributed by atoms with E-state index in [2.05, 4.69) is 17.9 Å². The zero-order chi connectivity index (χ0) is 14.6. The van der Waals surface area contributed by atoms with Crippen LogP contribution in [0.2, 0.25) is 0 Å². The van der Waals surface area contributed by atoms with Crippen LogP contribution in [0.15, 0.2) is 40.8 Å². The predicted molar refractivity (Wildman–Crippen MR) is 81.2 cm³/mol. The van der Waals surface area contributed by atoms with Crippen LogP contribution in [-0.2, 0) is 16.4 Å². The highest BCUT2D eigenvalue weighted by molar-refractivity contribution is 7.91. The van der Waals surface area contributed by atoms with Crippen molar-refractivity contribution in [1.29, 1.82) is 0 Å². The van der Waals surface area contributed by atoms with Crippen molar-refractivity contribution in [3.63, 3.8) is 0 Å². The fourth-order valence-corrected chi connectivity index (χ4v) is 3.60. The van der Waals surface area contributed by atoms with Crippen LogP contribution >= 0.6 is 0 Å². The molecule has 0 amide bonds. The first-order valence-corrected chi connectivity index (χ1v) is 8.56. The Hall–Kier alpha value is -1.17. The predicted octanol–water partition coefficient (Wildman–Crippen LogP) is 1.57. The summed E-state index contributed by atoms with van der Waals surface area (Å²) in [6.07, 6.45) is 3.20. The number of nitrogens with zero attached hydrogens (tertiary/aromatic N) is 1. The summed E-state index contributed by atoms with van der Waals surface area (Å²) in [6, 6.07) is 6.92. The van der Waals surface area contributed by atoms with Crippen LogP contribution in [0, 0.1) is 0 Å². The third-order valence-corrected chi connectivity index (χ3v) is 5.38. The SMILES string of the molecule is CC1=CCN(CCS(=O)(=O)c2cccc(CN)c2)CC1. The van der Waals surface area contributed by atoms with Gasteiger partial charge in [0.15, 0.2) is 9.84 Å². The minimum absolute atomic E-state index is 0.161. The molecule has 0 saturated carbocycles. The summed E-state index contributed by atoms with van der Waals surface area (Å²) in [5, 5.41) is 0. The summed E-state index contributed by atoms with van der Waals surface area (Å²) in [7, 11) is -3.22. The number of sulfone groups is 1. The second-order valence-electron chi connectivity index (χ2n) is 5.27. The molecule has 0 fully saturated rings. The first-order valence-electron chi connectivity index (χ1n) is 6.91. The highest BCUT2D eigenvalue weighted by Gasteiger charge is 2.17. The molecule has 0 atom stereocenters. The molecule has 4 nitrogen and oxygen atoms in total. The minimum Gasteiger partial charge on any atom is -0.326 e. The Bertz CT molecular complexity index is 594. The highest BCUT2D eigenvalue weighted by atomic mass is 32.2. The summed E-state index contributed by atoms with van der Waals surface area (Å²) < 4.78 is 24.6. The van der Waals surface area contributed by atoms with E-state index in [9.17, 15) is 8.42 Å². The van der Waals surface area contributed by atoms with Gasteiger partial charge in [-0.05, 0) is 31.0 Å². The molecule has 0 spiro atoms. The lowest BCUT2D eigenvalue weighted by Crippen LogP contribution is -2.33. The van der Waals surface area contributed by atoms with Gasteiger partial charge in [-0.15, -0.1) is 0 Å². The number of hydrogen-bond donors (Lipinski definition) is 1. The molecule has 2 rings (SSSR count). The smallest absolute Gasteiger partial charge is 0.179 e. The summed E-state index contributed by atoms with van der Waals surface area (Å²) in [5.74, 6) is 0.161. The summed E-state index contributed by atoms with van der Waals surface area (Å²) in [5.41, 5.74) is 7.79.